The van der Waals surface area contributed by atoms with Gasteiger partial charge in [-0.25, -0.2) is 0 Å². The molecule has 0 bridgehead atoms. The Hall–Kier alpha value is -1.76. The Labute approximate surface area is 149 Å². The highest BCUT2D eigenvalue weighted by Crippen LogP contribution is 2.28. The van der Waals surface area contributed by atoms with E-state index in [4.69, 9.17) is 16.0 Å². The summed E-state index contributed by atoms with van der Waals surface area (Å²) < 4.78 is 7.45. The standard InChI is InChI=1S/C17H18ClN3O2S/c1-17(2,22)11-24-16-20-19-15(12-5-7-13(18)8-6-12)21(16)10-14-4-3-9-23-14/h3-9,22H,10-11H2,1-2H3. The summed E-state index contributed by atoms with van der Waals surface area (Å²) >= 11 is 7.44. The van der Waals surface area contributed by atoms with Gasteiger partial charge in [0.1, 0.15) is 5.76 Å². The molecular weight excluding hydrogens is 346 g/mol. The van der Waals surface area contributed by atoms with Crippen molar-refractivity contribution in [1.82, 2.24) is 14.8 Å². The molecule has 0 spiro atoms. The molecule has 24 heavy (non-hydrogen) atoms. The normalized spacial score (nSPS) is 11.8. The maximum atomic E-state index is 9.97. The molecule has 2 heterocycles. The summed E-state index contributed by atoms with van der Waals surface area (Å²) in [6.07, 6.45) is 1.64. The second-order valence-electron chi connectivity index (χ2n) is 6.08. The van der Waals surface area contributed by atoms with Gasteiger partial charge in [-0.15, -0.1) is 10.2 Å². The van der Waals surface area contributed by atoms with Crippen molar-refractivity contribution in [3.8, 4) is 11.4 Å². The van der Waals surface area contributed by atoms with E-state index in [1.165, 1.54) is 11.8 Å². The van der Waals surface area contributed by atoms with Crippen LogP contribution in [0.2, 0.25) is 5.02 Å². The number of thioether (sulfide) groups is 1. The second kappa shape index (κ2) is 7.01. The number of aromatic nitrogens is 3. The Bertz CT molecular complexity index is 792. The van der Waals surface area contributed by atoms with Gasteiger partial charge < -0.3 is 9.52 Å². The zero-order valence-electron chi connectivity index (χ0n) is 13.4. The monoisotopic (exact) mass is 363 g/mol. The van der Waals surface area contributed by atoms with Gasteiger partial charge in [-0.05, 0) is 50.2 Å². The molecule has 0 aliphatic carbocycles. The highest BCUT2D eigenvalue weighted by atomic mass is 35.5. The third kappa shape index (κ3) is 4.20. The van der Waals surface area contributed by atoms with Gasteiger partial charge in [-0.1, -0.05) is 23.4 Å². The van der Waals surface area contributed by atoms with Crippen LogP contribution < -0.4 is 0 Å². The van der Waals surface area contributed by atoms with Gasteiger partial charge in [0, 0.05) is 16.3 Å². The number of furan rings is 1. The van der Waals surface area contributed by atoms with E-state index in [0.717, 1.165) is 22.3 Å². The molecule has 0 unspecified atom stereocenters. The van der Waals surface area contributed by atoms with Gasteiger partial charge in [0.25, 0.3) is 0 Å². The Morgan fingerprint density at radius 3 is 2.58 bits per heavy atom. The molecule has 0 aliphatic heterocycles. The van der Waals surface area contributed by atoms with E-state index in [9.17, 15) is 5.11 Å². The molecule has 126 valence electrons. The third-order valence-electron chi connectivity index (χ3n) is 3.27. The van der Waals surface area contributed by atoms with Crippen molar-refractivity contribution in [3.05, 3.63) is 53.4 Å². The summed E-state index contributed by atoms with van der Waals surface area (Å²) in [6, 6.07) is 11.2. The molecule has 0 radical (unpaired) electrons. The van der Waals surface area contributed by atoms with Gasteiger partial charge in [-0.2, -0.15) is 0 Å². The van der Waals surface area contributed by atoms with Crippen molar-refractivity contribution in [2.45, 2.75) is 31.1 Å². The van der Waals surface area contributed by atoms with Crippen molar-refractivity contribution < 1.29 is 9.52 Å². The first kappa shape index (κ1) is 17.1. The number of hydrogen-bond donors (Lipinski definition) is 1. The zero-order valence-corrected chi connectivity index (χ0v) is 15.0. The maximum Gasteiger partial charge on any atom is 0.192 e. The van der Waals surface area contributed by atoms with Crippen molar-refractivity contribution in [3.63, 3.8) is 0 Å². The van der Waals surface area contributed by atoms with Crippen LogP contribution in [0.5, 0.6) is 0 Å². The van der Waals surface area contributed by atoms with Crippen molar-refractivity contribution in [2.24, 2.45) is 0 Å². The predicted octanol–water partition coefficient (Wildman–Crippen LogP) is 4.10. The summed E-state index contributed by atoms with van der Waals surface area (Å²) in [6.45, 7) is 4.06. The number of halogens is 1. The highest BCUT2D eigenvalue weighted by molar-refractivity contribution is 7.99. The minimum atomic E-state index is -0.785. The quantitative estimate of drug-likeness (QED) is 0.668. The van der Waals surface area contributed by atoms with Crippen molar-refractivity contribution >= 4 is 23.4 Å². The predicted molar refractivity (Wildman–Crippen MR) is 95.3 cm³/mol. The average Bonchev–Trinajstić information content (AvgIpc) is 3.16. The molecule has 0 fully saturated rings. The molecule has 1 aromatic carbocycles. The Kier molecular flexibility index (Phi) is 4.99. The summed E-state index contributed by atoms with van der Waals surface area (Å²) in [4.78, 5) is 0. The topological polar surface area (TPSA) is 64.1 Å². The van der Waals surface area contributed by atoms with E-state index in [-0.39, 0.29) is 0 Å². The molecular formula is C17H18ClN3O2S. The lowest BCUT2D eigenvalue weighted by atomic mass is 10.2. The zero-order chi connectivity index (χ0) is 17.2. The van der Waals surface area contributed by atoms with Gasteiger partial charge in [-0.3, -0.25) is 4.57 Å². The fourth-order valence-electron chi connectivity index (χ4n) is 2.15. The Morgan fingerprint density at radius 2 is 1.96 bits per heavy atom. The van der Waals surface area contributed by atoms with E-state index in [1.54, 1.807) is 20.1 Å². The van der Waals surface area contributed by atoms with Crippen molar-refractivity contribution in [2.75, 3.05) is 5.75 Å². The van der Waals surface area contributed by atoms with E-state index in [1.807, 2.05) is 41.0 Å². The SMILES string of the molecule is CC(C)(O)CSc1nnc(-c2ccc(Cl)cc2)n1Cc1ccco1. The van der Waals surface area contributed by atoms with Gasteiger partial charge in [0.2, 0.25) is 0 Å². The molecule has 3 aromatic rings. The lowest BCUT2D eigenvalue weighted by Crippen LogP contribution is -2.22. The highest BCUT2D eigenvalue weighted by Gasteiger charge is 2.19. The molecule has 0 saturated carbocycles. The summed E-state index contributed by atoms with van der Waals surface area (Å²) in [5, 5.41) is 20.0. The van der Waals surface area contributed by atoms with Gasteiger partial charge in [0.15, 0.2) is 11.0 Å². The maximum absolute atomic E-state index is 9.97. The number of rotatable bonds is 6. The van der Waals surface area contributed by atoms with Crippen LogP contribution in [-0.4, -0.2) is 31.2 Å². The lowest BCUT2D eigenvalue weighted by molar-refractivity contribution is 0.107. The van der Waals surface area contributed by atoms with Crippen LogP contribution in [0.25, 0.3) is 11.4 Å². The fourth-order valence-corrected chi connectivity index (χ4v) is 3.16. The first-order valence-electron chi connectivity index (χ1n) is 7.49. The number of nitrogens with zero attached hydrogens (tertiary/aromatic N) is 3. The summed E-state index contributed by atoms with van der Waals surface area (Å²) in [5.74, 6) is 2.07. The third-order valence-corrected chi connectivity index (χ3v) is 4.93. The van der Waals surface area contributed by atoms with E-state index < -0.39 is 5.60 Å². The van der Waals surface area contributed by atoms with Crippen LogP contribution in [0, 0.1) is 0 Å². The molecule has 0 aliphatic rings. The summed E-state index contributed by atoms with van der Waals surface area (Å²) in [7, 11) is 0. The minimum Gasteiger partial charge on any atom is -0.467 e. The van der Waals surface area contributed by atoms with Crippen molar-refractivity contribution in [1.29, 1.82) is 0 Å². The number of benzene rings is 1. The van der Waals surface area contributed by atoms with Crippen LogP contribution in [0.3, 0.4) is 0 Å². The molecule has 0 saturated heterocycles. The molecule has 3 rings (SSSR count). The van der Waals surface area contributed by atoms with Crippen LogP contribution in [0.1, 0.15) is 19.6 Å². The number of hydrogen-bond acceptors (Lipinski definition) is 5. The molecule has 0 atom stereocenters. The molecule has 7 heteroatoms. The first-order chi connectivity index (χ1) is 11.4. The molecule has 2 aromatic heterocycles. The number of aliphatic hydroxyl groups is 1. The molecule has 0 amide bonds. The Balaban J connectivity index is 1.95. The Morgan fingerprint density at radius 1 is 1.21 bits per heavy atom. The molecule has 1 N–H and O–H groups in total. The van der Waals surface area contributed by atoms with E-state index >= 15 is 0 Å². The van der Waals surface area contributed by atoms with Gasteiger partial charge in [0.05, 0.1) is 18.4 Å². The van der Waals surface area contributed by atoms with E-state index in [2.05, 4.69) is 10.2 Å². The van der Waals surface area contributed by atoms with Crippen LogP contribution in [0.15, 0.2) is 52.2 Å². The van der Waals surface area contributed by atoms with Crippen LogP contribution in [-0.2, 0) is 6.54 Å². The first-order valence-corrected chi connectivity index (χ1v) is 8.85. The fraction of sp³-hybridized carbons (Fsp3) is 0.294. The minimum absolute atomic E-state index is 0.518. The largest absolute Gasteiger partial charge is 0.467 e. The second-order valence-corrected chi connectivity index (χ2v) is 7.46. The smallest absolute Gasteiger partial charge is 0.192 e. The van der Waals surface area contributed by atoms with Crippen LogP contribution in [0.4, 0.5) is 0 Å². The molecule has 5 nitrogen and oxygen atoms in total. The van der Waals surface area contributed by atoms with Gasteiger partial charge >= 0.3 is 0 Å². The summed E-state index contributed by atoms with van der Waals surface area (Å²) in [5.41, 5.74) is 0.139. The average molecular weight is 364 g/mol. The van der Waals surface area contributed by atoms with E-state index in [0.29, 0.717) is 17.3 Å². The lowest BCUT2D eigenvalue weighted by Gasteiger charge is -2.16. The van der Waals surface area contributed by atoms with Crippen LogP contribution >= 0.6 is 23.4 Å².